The lowest BCUT2D eigenvalue weighted by molar-refractivity contribution is -0.352. The van der Waals surface area contributed by atoms with Crippen molar-refractivity contribution in [2.24, 2.45) is 0 Å². The van der Waals surface area contributed by atoms with Gasteiger partial charge >= 0.3 is 41.8 Å². The third-order valence-corrected chi connectivity index (χ3v) is 8.63. The van der Waals surface area contributed by atoms with Crippen molar-refractivity contribution >= 4 is 41.8 Å². The van der Waals surface area contributed by atoms with Crippen molar-refractivity contribution in [2.75, 3.05) is 19.8 Å². The standard InChI is InChI=1S/C34H48O23/c1-12(36)44-10-21-24(46-13(2)37)27(49-16(5)40)30(51-18(7)42)34(56-21)57-28-25(47-14(3)38)22(55-33-31(28)52-19(8)53-33)11-45-32-29(50-17(6)41)26(48-15(4)39)23(43)20(9-35)54-32/h19-35,43H,9-11H2,1-8H3/t19?,20-,21-,22-,23-,24-,25-,26+,27+,28+,29-,30-,31-,32-,33+,34+/m1/s1. The van der Waals surface area contributed by atoms with Crippen LogP contribution in [0.2, 0.25) is 0 Å². The van der Waals surface area contributed by atoms with Gasteiger partial charge in [0.2, 0.25) is 0 Å². The Labute approximate surface area is 325 Å². The van der Waals surface area contributed by atoms with Gasteiger partial charge in [-0.2, -0.15) is 0 Å². The molecule has 16 atom stereocenters. The second kappa shape index (κ2) is 20.1. The summed E-state index contributed by atoms with van der Waals surface area (Å²) in [6.45, 7) is 6.97. The lowest BCUT2D eigenvalue weighted by atomic mass is 9.96. The molecule has 23 heteroatoms. The van der Waals surface area contributed by atoms with Crippen molar-refractivity contribution in [3.05, 3.63) is 0 Å². The Hall–Kier alpha value is -4.07. The first-order valence-corrected chi connectivity index (χ1v) is 17.8. The number of hydrogen-bond donors (Lipinski definition) is 2. The molecule has 4 heterocycles. The number of fused-ring (bicyclic) bond motifs is 1. The van der Waals surface area contributed by atoms with E-state index in [0.717, 1.165) is 48.5 Å². The highest BCUT2D eigenvalue weighted by atomic mass is 16.8. The average Bonchev–Trinajstić information content (AvgIpc) is 3.47. The summed E-state index contributed by atoms with van der Waals surface area (Å²) in [6.07, 6.45) is -23.6. The Morgan fingerprint density at radius 3 is 1.47 bits per heavy atom. The van der Waals surface area contributed by atoms with Gasteiger partial charge in [0, 0.05) is 48.5 Å². The van der Waals surface area contributed by atoms with E-state index in [-0.39, 0.29) is 0 Å². The molecule has 322 valence electrons. The molecule has 57 heavy (non-hydrogen) atoms. The fourth-order valence-electron chi connectivity index (χ4n) is 6.66. The van der Waals surface area contributed by atoms with Crippen molar-refractivity contribution in [1.82, 2.24) is 0 Å². The van der Waals surface area contributed by atoms with E-state index in [9.17, 15) is 43.8 Å². The Morgan fingerprint density at radius 1 is 0.491 bits per heavy atom. The van der Waals surface area contributed by atoms with Gasteiger partial charge < -0.3 is 76.5 Å². The minimum absolute atomic E-state index is 0.569. The molecule has 1 unspecified atom stereocenters. The predicted octanol–water partition coefficient (Wildman–Crippen LogP) is -2.17. The molecule has 0 aromatic rings. The van der Waals surface area contributed by atoms with Crippen molar-refractivity contribution in [2.45, 2.75) is 154 Å². The molecule has 0 saturated carbocycles. The zero-order valence-electron chi connectivity index (χ0n) is 32.3. The van der Waals surface area contributed by atoms with Gasteiger partial charge in [-0.05, 0) is 6.92 Å². The Bertz CT molecular complexity index is 1470. The van der Waals surface area contributed by atoms with E-state index >= 15 is 0 Å². The Balaban J connectivity index is 1.73. The van der Waals surface area contributed by atoms with Crippen molar-refractivity contribution in [3.63, 3.8) is 0 Å². The van der Waals surface area contributed by atoms with Crippen molar-refractivity contribution < 1.29 is 110 Å². The SMILES string of the molecule is CC(=O)OC[C@H]1O[C@@H](O[C@@H]2[C@H]3OC(C)O[C@H]3O[C@H](CO[C@@H]3O[C@H](CO)[C@@H](O)[C@H](OC(C)=O)[C@H]3OC(C)=O)[C@H]2OC(C)=O)[C@H](OC(C)=O)[C@@H](OC(C)=O)[C@@H]1OC(C)=O. The van der Waals surface area contributed by atoms with Gasteiger partial charge in [-0.15, -0.1) is 0 Å². The van der Waals surface area contributed by atoms with E-state index in [1.165, 1.54) is 6.92 Å². The van der Waals surface area contributed by atoms with Gasteiger partial charge in [0.1, 0.15) is 43.2 Å². The van der Waals surface area contributed by atoms with Crippen LogP contribution in [-0.4, -0.2) is 170 Å². The summed E-state index contributed by atoms with van der Waals surface area (Å²) in [5.74, 6) is -6.02. The molecule has 4 saturated heterocycles. The van der Waals surface area contributed by atoms with E-state index in [4.69, 9.17) is 66.3 Å². The van der Waals surface area contributed by atoms with Gasteiger partial charge in [0.15, 0.2) is 61.8 Å². The molecule has 0 radical (unpaired) electrons. The summed E-state index contributed by atoms with van der Waals surface area (Å²) < 4.78 is 79.8. The molecule has 4 rings (SSSR count). The molecule has 0 spiro atoms. The van der Waals surface area contributed by atoms with Crippen LogP contribution in [0.1, 0.15) is 55.4 Å². The van der Waals surface area contributed by atoms with Gasteiger partial charge in [0.25, 0.3) is 0 Å². The third kappa shape index (κ3) is 12.0. The first kappa shape index (κ1) is 45.6. The maximum atomic E-state index is 12.6. The maximum absolute atomic E-state index is 12.6. The summed E-state index contributed by atoms with van der Waals surface area (Å²) in [6, 6.07) is 0. The molecule has 4 aliphatic heterocycles. The van der Waals surface area contributed by atoms with E-state index < -0.39 is 160 Å². The van der Waals surface area contributed by atoms with E-state index in [1.807, 2.05) is 0 Å². The molecule has 4 fully saturated rings. The summed E-state index contributed by atoms with van der Waals surface area (Å²) in [4.78, 5) is 85.6. The normalized spacial score (nSPS) is 37.4. The third-order valence-electron chi connectivity index (χ3n) is 8.63. The van der Waals surface area contributed by atoms with Gasteiger partial charge in [-0.1, -0.05) is 0 Å². The first-order valence-electron chi connectivity index (χ1n) is 17.8. The molecule has 0 amide bonds. The topological polar surface area (TPSA) is 289 Å². The fraction of sp³-hybridized carbons (Fsp3) is 0.794. The Morgan fingerprint density at radius 2 is 0.947 bits per heavy atom. The Kier molecular flexibility index (Phi) is 16.1. The van der Waals surface area contributed by atoms with Crippen LogP contribution in [0.3, 0.4) is 0 Å². The van der Waals surface area contributed by atoms with Crippen LogP contribution in [0.4, 0.5) is 0 Å². The summed E-state index contributed by atoms with van der Waals surface area (Å²) in [5.41, 5.74) is 0. The summed E-state index contributed by atoms with van der Waals surface area (Å²) >= 11 is 0. The predicted molar refractivity (Wildman–Crippen MR) is 175 cm³/mol. The minimum atomic E-state index is -1.76. The highest BCUT2D eigenvalue weighted by Gasteiger charge is 2.59. The van der Waals surface area contributed by atoms with Crippen molar-refractivity contribution in [3.8, 4) is 0 Å². The van der Waals surface area contributed by atoms with E-state index in [1.54, 1.807) is 0 Å². The highest BCUT2D eigenvalue weighted by molar-refractivity contribution is 5.69. The largest absolute Gasteiger partial charge is 0.463 e. The smallest absolute Gasteiger partial charge is 0.303 e. The number of carbonyl (C=O) groups excluding carboxylic acids is 7. The molecule has 0 aromatic carbocycles. The second-order valence-electron chi connectivity index (χ2n) is 13.3. The van der Waals surface area contributed by atoms with Crippen LogP contribution in [-0.2, 0) is 99.9 Å². The van der Waals surface area contributed by atoms with Gasteiger partial charge in [-0.25, -0.2) is 0 Å². The van der Waals surface area contributed by atoms with E-state index in [0.29, 0.717) is 0 Å². The highest BCUT2D eigenvalue weighted by Crippen LogP contribution is 2.39. The number of aliphatic hydroxyl groups is 2. The molecular formula is C34H48O23. The number of carbonyl (C=O) groups is 7. The number of ether oxygens (including phenoxy) is 14. The quantitative estimate of drug-likeness (QED) is 0.139. The number of hydrogen-bond acceptors (Lipinski definition) is 23. The summed E-state index contributed by atoms with van der Waals surface area (Å²) in [5, 5.41) is 20.7. The molecular weight excluding hydrogens is 776 g/mol. The fourth-order valence-corrected chi connectivity index (χ4v) is 6.66. The van der Waals surface area contributed by atoms with Crippen LogP contribution in [0.15, 0.2) is 0 Å². The minimum Gasteiger partial charge on any atom is -0.463 e. The number of aliphatic hydroxyl groups excluding tert-OH is 2. The second-order valence-corrected chi connectivity index (χ2v) is 13.3. The average molecular weight is 825 g/mol. The first-order chi connectivity index (χ1) is 26.8. The molecule has 0 aromatic heterocycles. The van der Waals surface area contributed by atoms with Crippen LogP contribution in [0.5, 0.6) is 0 Å². The van der Waals surface area contributed by atoms with Gasteiger partial charge in [-0.3, -0.25) is 33.6 Å². The number of esters is 7. The maximum Gasteiger partial charge on any atom is 0.303 e. The monoisotopic (exact) mass is 824 g/mol. The zero-order valence-corrected chi connectivity index (χ0v) is 32.3. The van der Waals surface area contributed by atoms with Crippen LogP contribution in [0.25, 0.3) is 0 Å². The van der Waals surface area contributed by atoms with Crippen molar-refractivity contribution in [1.29, 1.82) is 0 Å². The number of rotatable bonds is 14. The van der Waals surface area contributed by atoms with Crippen LogP contribution >= 0.6 is 0 Å². The van der Waals surface area contributed by atoms with Gasteiger partial charge in [0.05, 0.1) is 13.2 Å². The van der Waals surface area contributed by atoms with Crippen LogP contribution in [0, 0.1) is 0 Å². The lowest BCUT2D eigenvalue weighted by Crippen LogP contribution is -2.66. The van der Waals surface area contributed by atoms with E-state index in [2.05, 4.69) is 0 Å². The zero-order chi connectivity index (χ0) is 42.3. The lowest BCUT2D eigenvalue weighted by Gasteiger charge is -2.48. The molecule has 0 aliphatic carbocycles. The molecule has 2 N–H and O–H groups in total. The molecule has 23 nitrogen and oxygen atoms in total. The van der Waals surface area contributed by atoms with Crippen LogP contribution < -0.4 is 0 Å². The molecule has 0 bridgehead atoms. The summed E-state index contributed by atoms with van der Waals surface area (Å²) in [7, 11) is 0. The molecule has 4 aliphatic rings.